The van der Waals surface area contributed by atoms with Crippen molar-refractivity contribution in [2.24, 2.45) is 11.8 Å². The molecule has 2 unspecified atom stereocenters. The minimum absolute atomic E-state index is 0.0486. The molecule has 1 saturated heterocycles. The predicted octanol–water partition coefficient (Wildman–Crippen LogP) is 0.461. The summed E-state index contributed by atoms with van der Waals surface area (Å²) >= 11 is 0. The van der Waals surface area contributed by atoms with Crippen LogP contribution in [0.15, 0.2) is 0 Å². The van der Waals surface area contributed by atoms with Crippen molar-refractivity contribution in [3.8, 4) is 0 Å². The van der Waals surface area contributed by atoms with Crippen LogP contribution in [0.5, 0.6) is 0 Å². The van der Waals surface area contributed by atoms with E-state index in [0.717, 1.165) is 26.1 Å². The second-order valence-electron chi connectivity index (χ2n) is 5.22. The second kappa shape index (κ2) is 6.21. The molecule has 1 rings (SSSR count). The van der Waals surface area contributed by atoms with Crippen LogP contribution < -0.4 is 5.32 Å². The molecule has 0 saturated carbocycles. The van der Waals surface area contributed by atoms with Gasteiger partial charge < -0.3 is 15.3 Å². The molecule has 4 nitrogen and oxygen atoms in total. The van der Waals surface area contributed by atoms with E-state index in [4.69, 9.17) is 5.11 Å². The smallest absolute Gasteiger partial charge is 0.242 e. The maximum Gasteiger partial charge on any atom is 0.242 e. The van der Waals surface area contributed by atoms with Crippen LogP contribution in [-0.4, -0.2) is 48.2 Å². The molecule has 1 fully saturated rings. The molecule has 16 heavy (non-hydrogen) atoms. The summed E-state index contributed by atoms with van der Waals surface area (Å²) in [5.74, 6) is 1.10. The zero-order chi connectivity index (χ0) is 12.1. The molecule has 94 valence electrons. The average molecular weight is 228 g/mol. The normalized spacial score (nSPS) is 27.3. The Hall–Kier alpha value is -0.610. The minimum atomic E-state index is -0.405. The highest BCUT2D eigenvalue weighted by atomic mass is 16.3. The summed E-state index contributed by atoms with van der Waals surface area (Å²) in [4.78, 5) is 13.9. The third-order valence-electron chi connectivity index (χ3n) is 3.01. The average Bonchev–Trinajstić information content (AvgIpc) is 2.36. The maximum absolute atomic E-state index is 12.0. The lowest BCUT2D eigenvalue weighted by molar-refractivity contribution is -0.133. The Bertz CT molecular complexity index is 231. The molecule has 1 amide bonds. The quantitative estimate of drug-likeness (QED) is 0.735. The number of nitrogens with zero attached hydrogens (tertiary/aromatic N) is 1. The first-order valence-electron chi connectivity index (χ1n) is 6.17. The van der Waals surface area contributed by atoms with E-state index in [2.05, 4.69) is 26.1 Å². The van der Waals surface area contributed by atoms with E-state index < -0.39 is 6.04 Å². The SMILES string of the molecule is CC(C)CCN1CC(C)CNC(CO)C1=O. The van der Waals surface area contributed by atoms with E-state index in [-0.39, 0.29) is 12.5 Å². The zero-order valence-corrected chi connectivity index (χ0v) is 10.6. The van der Waals surface area contributed by atoms with Gasteiger partial charge in [-0.2, -0.15) is 0 Å². The van der Waals surface area contributed by atoms with Crippen molar-refractivity contribution >= 4 is 5.91 Å². The molecule has 0 aromatic rings. The fourth-order valence-electron chi connectivity index (χ4n) is 1.94. The molecular formula is C12H24N2O2. The molecule has 4 heteroatoms. The number of carbonyl (C=O) groups is 1. The minimum Gasteiger partial charge on any atom is -0.394 e. The van der Waals surface area contributed by atoms with Gasteiger partial charge >= 0.3 is 0 Å². The van der Waals surface area contributed by atoms with Crippen LogP contribution in [0.3, 0.4) is 0 Å². The molecule has 2 atom stereocenters. The lowest BCUT2D eigenvalue weighted by Crippen LogP contribution is -2.46. The highest BCUT2D eigenvalue weighted by Gasteiger charge is 2.28. The molecule has 0 radical (unpaired) electrons. The Morgan fingerprint density at radius 3 is 2.81 bits per heavy atom. The number of aliphatic hydroxyl groups is 1. The highest BCUT2D eigenvalue weighted by molar-refractivity contribution is 5.82. The third-order valence-corrected chi connectivity index (χ3v) is 3.01. The van der Waals surface area contributed by atoms with Gasteiger partial charge in [-0.05, 0) is 18.3 Å². The topological polar surface area (TPSA) is 52.6 Å². The molecule has 0 bridgehead atoms. The van der Waals surface area contributed by atoms with Gasteiger partial charge in [-0.1, -0.05) is 20.8 Å². The van der Waals surface area contributed by atoms with Crippen molar-refractivity contribution < 1.29 is 9.90 Å². The van der Waals surface area contributed by atoms with Crippen molar-refractivity contribution in [2.45, 2.75) is 33.2 Å². The number of amides is 1. The summed E-state index contributed by atoms with van der Waals surface area (Å²) in [5, 5.41) is 12.3. The predicted molar refractivity (Wildman–Crippen MR) is 64.1 cm³/mol. The summed E-state index contributed by atoms with van der Waals surface area (Å²) in [6, 6.07) is -0.405. The summed E-state index contributed by atoms with van der Waals surface area (Å²) in [5.41, 5.74) is 0. The Labute approximate surface area is 98.0 Å². The standard InChI is InChI=1S/C12H24N2O2/c1-9(2)4-5-14-7-10(3)6-13-11(8-15)12(14)16/h9-11,13,15H,4-8H2,1-3H3. The van der Waals surface area contributed by atoms with Gasteiger partial charge in [0.1, 0.15) is 6.04 Å². The number of hydrogen-bond donors (Lipinski definition) is 2. The monoisotopic (exact) mass is 228 g/mol. The van der Waals surface area contributed by atoms with Crippen molar-refractivity contribution in [3.63, 3.8) is 0 Å². The Morgan fingerprint density at radius 2 is 2.25 bits per heavy atom. The van der Waals surface area contributed by atoms with Crippen LogP contribution in [0.1, 0.15) is 27.2 Å². The largest absolute Gasteiger partial charge is 0.394 e. The first-order chi connectivity index (χ1) is 7.54. The van der Waals surface area contributed by atoms with Crippen molar-refractivity contribution in [2.75, 3.05) is 26.2 Å². The molecular weight excluding hydrogens is 204 g/mol. The van der Waals surface area contributed by atoms with E-state index in [1.807, 2.05) is 4.90 Å². The lowest BCUT2D eigenvalue weighted by atomic mass is 10.1. The van der Waals surface area contributed by atoms with Gasteiger partial charge in [0, 0.05) is 19.6 Å². The zero-order valence-electron chi connectivity index (χ0n) is 10.6. The summed E-state index contributed by atoms with van der Waals surface area (Å²) in [7, 11) is 0. The van der Waals surface area contributed by atoms with Gasteiger partial charge in [0.2, 0.25) is 5.91 Å². The molecule has 0 spiro atoms. The fraction of sp³-hybridized carbons (Fsp3) is 0.917. The van der Waals surface area contributed by atoms with Gasteiger partial charge in [0.05, 0.1) is 6.61 Å². The molecule has 0 aromatic heterocycles. The van der Waals surface area contributed by atoms with E-state index >= 15 is 0 Å². The fourth-order valence-corrected chi connectivity index (χ4v) is 1.94. The first-order valence-corrected chi connectivity index (χ1v) is 6.17. The maximum atomic E-state index is 12.0. The van der Waals surface area contributed by atoms with Crippen LogP contribution in [0.25, 0.3) is 0 Å². The molecule has 0 aliphatic carbocycles. The number of nitrogens with one attached hydrogen (secondary N) is 1. The Morgan fingerprint density at radius 1 is 1.56 bits per heavy atom. The molecule has 1 aliphatic rings. The lowest BCUT2D eigenvalue weighted by Gasteiger charge is -2.25. The van der Waals surface area contributed by atoms with Crippen molar-refractivity contribution in [1.29, 1.82) is 0 Å². The second-order valence-corrected chi connectivity index (χ2v) is 5.22. The number of aliphatic hydroxyl groups excluding tert-OH is 1. The van der Waals surface area contributed by atoms with Crippen LogP contribution >= 0.6 is 0 Å². The van der Waals surface area contributed by atoms with E-state index in [1.54, 1.807) is 0 Å². The Kier molecular flexibility index (Phi) is 5.22. The van der Waals surface area contributed by atoms with Crippen LogP contribution in [0.4, 0.5) is 0 Å². The van der Waals surface area contributed by atoms with Gasteiger partial charge in [0.15, 0.2) is 0 Å². The van der Waals surface area contributed by atoms with Crippen molar-refractivity contribution in [3.05, 3.63) is 0 Å². The van der Waals surface area contributed by atoms with E-state index in [9.17, 15) is 4.79 Å². The van der Waals surface area contributed by atoms with Crippen LogP contribution in [0, 0.1) is 11.8 Å². The number of carbonyl (C=O) groups excluding carboxylic acids is 1. The van der Waals surface area contributed by atoms with E-state index in [1.165, 1.54) is 0 Å². The van der Waals surface area contributed by atoms with Crippen LogP contribution in [0.2, 0.25) is 0 Å². The molecule has 2 N–H and O–H groups in total. The number of hydrogen-bond acceptors (Lipinski definition) is 3. The molecule has 1 aliphatic heterocycles. The summed E-state index contributed by atoms with van der Waals surface area (Å²) < 4.78 is 0. The molecule has 0 aromatic carbocycles. The Balaban J connectivity index is 2.59. The highest BCUT2D eigenvalue weighted by Crippen LogP contribution is 2.10. The van der Waals surface area contributed by atoms with Crippen LogP contribution in [-0.2, 0) is 4.79 Å². The van der Waals surface area contributed by atoms with Gasteiger partial charge in [-0.3, -0.25) is 4.79 Å². The molecule has 1 heterocycles. The van der Waals surface area contributed by atoms with Gasteiger partial charge in [-0.15, -0.1) is 0 Å². The van der Waals surface area contributed by atoms with E-state index in [0.29, 0.717) is 11.8 Å². The van der Waals surface area contributed by atoms with Gasteiger partial charge in [0.25, 0.3) is 0 Å². The third kappa shape index (κ3) is 3.76. The number of rotatable bonds is 4. The summed E-state index contributed by atoms with van der Waals surface area (Å²) in [6.45, 7) is 8.75. The van der Waals surface area contributed by atoms with Crippen molar-refractivity contribution in [1.82, 2.24) is 10.2 Å². The van der Waals surface area contributed by atoms with Gasteiger partial charge in [-0.25, -0.2) is 0 Å². The summed E-state index contributed by atoms with van der Waals surface area (Å²) in [6.07, 6.45) is 1.02. The first kappa shape index (κ1) is 13.5.